The van der Waals surface area contributed by atoms with E-state index in [1.807, 2.05) is 26.8 Å². The number of likely N-dealkylation sites (tertiary alicyclic amines) is 1. The topological polar surface area (TPSA) is 108 Å². The molecule has 1 aromatic heterocycles. The Morgan fingerprint density at radius 2 is 1.78 bits per heavy atom. The predicted molar refractivity (Wildman–Crippen MR) is 167 cm³/mol. The van der Waals surface area contributed by atoms with Gasteiger partial charge in [-0.05, 0) is 67.1 Å². The lowest BCUT2D eigenvalue weighted by atomic mass is 9.77. The molecule has 2 aromatic rings. The molecule has 11 heteroatoms. The fourth-order valence-electron chi connectivity index (χ4n) is 7.03. The van der Waals surface area contributed by atoms with Crippen LogP contribution < -0.4 is 4.74 Å². The smallest absolute Gasteiger partial charge is 0.328 e. The second kappa shape index (κ2) is 13.1. The summed E-state index contributed by atoms with van der Waals surface area (Å²) in [6, 6.07) is 5.49. The van der Waals surface area contributed by atoms with E-state index in [4.69, 9.17) is 14.2 Å². The number of para-hydroxylation sites is 2. The molecule has 1 aromatic carbocycles. The normalized spacial score (nSPS) is 26.3. The summed E-state index contributed by atoms with van der Waals surface area (Å²) in [5, 5.41) is 0. The number of hydrogen-bond donors (Lipinski definition) is 0. The van der Waals surface area contributed by atoms with Crippen molar-refractivity contribution in [3.8, 4) is 5.88 Å². The number of nitrogens with zero attached hydrogens (tertiary/aromatic N) is 3. The van der Waals surface area contributed by atoms with Gasteiger partial charge in [-0.3, -0.25) is 9.59 Å². The van der Waals surface area contributed by atoms with Gasteiger partial charge >= 0.3 is 17.9 Å². The minimum atomic E-state index is -3.55. The Labute approximate surface area is 268 Å². The first-order valence-corrected chi connectivity index (χ1v) is 15.9. The molecule has 7 atom stereocenters. The summed E-state index contributed by atoms with van der Waals surface area (Å²) in [4.78, 5) is 50.2. The Hall–Kier alpha value is -3.89. The molecule has 0 bridgehead atoms. The number of alkyl halides is 2. The average Bonchev–Trinajstić information content (AvgIpc) is 3.51. The number of carbonyl (C=O) groups is 3. The molecule has 3 aliphatic rings. The fraction of sp³-hybridized carbons (Fsp3) is 0.571. The average molecular weight is 640 g/mol. The molecule has 2 heterocycles. The summed E-state index contributed by atoms with van der Waals surface area (Å²) >= 11 is 0. The van der Waals surface area contributed by atoms with Gasteiger partial charge in [0, 0.05) is 6.42 Å². The number of carbonyl (C=O) groups excluding carboxylic acids is 3. The number of fused-ring (bicyclic) bond motifs is 2. The maximum Gasteiger partial charge on any atom is 0.328 e. The third-order valence-electron chi connectivity index (χ3n) is 9.65. The first-order valence-electron chi connectivity index (χ1n) is 15.9. The Morgan fingerprint density at radius 3 is 2.41 bits per heavy atom. The molecule has 0 unspecified atom stereocenters. The number of hydrogen-bond acceptors (Lipinski definition) is 8. The lowest BCUT2D eigenvalue weighted by Crippen LogP contribution is -2.48. The van der Waals surface area contributed by atoms with Crippen LogP contribution in [-0.4, -0.2) is 64.6 Å². The Bertz CT molecular complexity index is 1510. The third-order valence-corrected chi connectivity index (χ3v) is 9.65. The van der Waals surface area contributed by atoms with Crippen molar-refractivity contribution in [2.75, 3.05) is 13.7 Å². The SMILES string of the molecule is C=CCC[C@@H]1[C@H]2C[C@H]2C[C@H]1OC(=O)C[C@H](C(=O)N1C[C@H](Oc2nc3ccccc3nc2C(F)(F)C=C)C[C@H]1C(=O)OC)C(C)(C)C. The molecular weight excluding hydrogens is 596 g/mol. The van der Waals surface area contributed by atoms with Crippen LogP contribution in [0.15, 0.2) is 49.6 Å². The zero-order valence-corrected chi connectivity index (χ0v) is 26.9. The maximum absolute atomic E-state index is 14.9. The Kier molecular flexibility index (Phi) is 9.52. The van der Waals surface area contributed by atoms with Gasteiger partial charge in [0.2, 0.25) is 11.8 Å². The van der Waals surface area contributed by atoms with Crippen LogP contribution in [0.1, 0.15) is 65.0 Å². The van der Waals surface area contributed by atoms with E-state index in [0.717, 1.165) is 19.3 Å². The first-order chi connectivity index (χ1) is 21.8. The molecule has 1 saturated heterocycles. The second-order valence-corrected chi connectivity index (χ2v) is 13.8. The number of ether oxygens (including phenoxy) is 3. The fourth-order valence-corrected chi connectivity index (χ4v) is 7.03. The first kappa shape index (κ1) is 33.5. The van der Waals surface area contributed by atoms with Gasteiger partial charge in [0.05, 0.1) is 37.0 Å². The molecule has 1 aliphatic heterocycles. The minimum Gasteiger partial charge on any atom is -0.471 e. The molecule has 0 N–H and O–H groups in total. The third kappa shape index (κ3) is 6.93. The van der Waals surface area contributed by atoms with Gasteiger partial charge in [-0.15, -0.1) is 6.58 Å². The Morgan fingerprint density at radius 1 is 1.09 bits per heavy atom. The van der Waals surface area contributed by atoms with Crippen molar-refractivity contribution in [1.82, 2.24) is 14.9 Å². The van der Waals surface area contributed by atoms with Crippen molar-refractivity contribution in [3.63, 3.8) is 0 Å². The quantitative estimate of drug-likeness (QED) is 0.205. The molecule has 248 valence electrons. The number of benzene rings is 1. The van der Waals surface area contributed by atoms with Crippen LogP contribution in [-0.2, 0) is 29.8 Å². The summed E-state index contributed by atoms with van der Waals surface area (Å²) in [7, 11) is 1.21. The largest absolute Gasteiger partial charge is 0.471 e. The molecular formula is C35H43F2N3O6. The van der Waals surface area contributed by atoms with Crippen molar-refractivity contribution >= 4 is 28.9 Å². The summed E-state index contributed by atoms with van der Waals surface area (Å²) in [5.74, 6) is -4.88. The van der Waals surface area contributed by atoms with Gasteiger partial charge in [0.1, 0.15) is 18.2 Å². The number of aromatic nitrogens is 2. The summed E-state index contributed by atoms with van der Waals surface area (Å²) in [5.41, 5.74) is -0.789. The van der Waals surface area contributed by atoms with Crippen LogP contribution in [0.3, 0.4) is 0 Å². The highest BCUT2D eigenvalue weighted by molar-refractivity contribution is 5.89. The molecule has 3 fully saturated rings. The summed E-state index contributed by atoms with van der Waals surface area (Å²) in [6.45, 7) is 12.5. The second-order valence-electron chi connectivity index (χ2n) is 13.8. The van der Waals surface area contributed by atoms with Gasteiger partial charge in [0.25, 0.3) is 0 Å². The number of esters is 2. The van der Waals surface area contributed by atoms with E-state index >= 15 is 0 Å². The van der Waals surface area contributed by atoms with Crippen LogP contribution in [0.2, 0.25) is 0 Å². The Balaban J connectivity index is 1.35. The van der Waals surface area contributed by atoms with E-state index in [0.29, 0.717) is 29.3 Å². The van der Waals surface area contributed by atoms with E-state index in [-0.39, 0.29) is 31.0 Å². The molecule has 1 amide bonds. The zero-order chi connectivity index (χ0) is 33.4. The predicted octanol–water partition coefficient (Wildman–Crippen LogP) is 6.02. The molecule has 2 saturated carbocycles. The summed E-state index contributed by atoms with van der Waals surface area (Å²) in [6.07, 6.45) is 4.88. The van der Waals surface area contributed by atoms with E-state index in [1.54, 1.807) is 24.3 Å². The summed E-state index contributed by atoms with van der Waals surface area (Å²) < 4.78 is 46.9. The molecule has 2 aliphatic carbocycles. The molecule has 5 rings (SSSR count). The van der Waals surface area contributed by atoms with Crippen molar-refractivity contribution in [1.29, 1.82) is 0 Å². The van der Waals surface area contributed by atoms with Gasteiger partial charge in [-0.1, -0.05) is 45.6 Å². The van der Waals surface area contributed by atoms with Crippen molar-refractivity contribution in [2.24, 2.45) is 29.1 Å². The van der Waals surface area contributed by atoms with Gasteiger partial charge < -0.3 is 19.1 Å². The lowest BCUT2D eigenvalue weighted by Gasteiger charge is -2.34. The highest BCUT2D eigenvalue weighted by atomic mass is 19.3. The minimum absolute atomic E-state index is 0.0246. The molecule has 46 heavy (non-hydrogen) atoms. The van der Waals surface area contributed by atoms with Crippen LogP contribution in [0.4, 0.5) is 8.78 Å². The number of methoxy groups -OCH3 is 1. The lowest BCUT2D eigenvalue weighted by molar-refractivity contribution is -0.160. The van der Waals surface area contributed by atoms with Crippen molar-refractivity contribution in [3.05, 3.63) is 55.3 Å². The number of allylic oxidation sites excluding steroid dienone is 2. The van der Waals surface area contributed by atoms with Crippen molar-refractivity contribution in [2.45, 2.75) is 83.5 Å². The number of rotatable bonds is 12. The van der Waals surface area contributed by atoms with Gasteiger partial charge in [-0.2, -0.15) is 8.78 Å². The highest BCUT2D eigenvalue weighted by Gasteiger charge is 2.54. The number of amides is 1. The van der Waals surface area contributed by atoms with E-state index in [9.17, 15) is 23.2 Å². The highest BCUT2D eigenvalue weighted by Crippen LogP contribution is 2.57. The van der Waals surface area contributed by atoms with Crippen LogP contribution in [0, 0.1) is 29.1 Å². The van der Waals surface area contributed by atoms with Crippen LogP contribution in [0.25, 0.3) is 11.0 Å². The molecule has 0 spiro atoms. The van der Waals surface area contributed by atoms with Gasteiger partial charge in [0.15, 0.2) is 5.69 Å². The maximum atomic E-state index is 14.9. The molecule has 9 nitrogen and oxygen atoms in total. The van der Waals surface area contributed by atoms with Gasteiger partial charge in [-0.25, -0.2) is 14.8 Å². The number of halogens is 2. The monoisotopic (exact) mass is 639 g/mol. The van der Waals surface area contributed by atoms with Crippen molar-refractivity contribution < 1.29 is 37.4 Å². The molecule has 0 radical (unpaired) electrons. The van der Waals surface area contributed by atoms with E-state index in [2.05, 4.69) is 23.1 Å². The zero-order valence-electron chi connectivity index (χ0n) is 26.9. The van der Waals surface area contributed by atoms with E-state index in [1.165, 1.54) is 18.4 Å². The van der Waals surface area contributed by atoms with E-state index < -0.39 is 58.8 Å². The van der Waals surface area contributed by atoms with Crippen LogP contribution >= 0.6 is 0 Å². The van der Waals surface area contributed by atoms with Crippen LogP contribution in [0.5, 0.6) is 5.88 Å². The standard InChI is InChI=1S/C35H43F2N3O6/c1-7-9-12-22-23-15-20(23)16-28(22)46-29(41)18-24(34(3,4)5)32(42)40-19-21(17-27(40)33(43)44-6)45-31-30(35(36,37)8-2)38-25-13-10-11-14-26(25)39-31/h7-8,10-11,13-14,20-24,27-28H,1-2,9,12,15-19H2,3-6H3/t20-,21+,22+,23-,24+,27-,28+/m0/s1.